The Hall–Kier alpha value is -2.11. The zero-order valence-corrected chi connectivity index (χ0v) is 8.61. The van der Waals surface area contributed by atoms with Gasteiger partial charge in [0.15, 0.2) is 0 Å². The summed E-state index contributed by atoms with van der Waals surface area (Å²) >= 11 is 0. The third kappa shape index (κ3) is 2.69. The van der Waals surface area contributed by atoms with E-state index in [0.717, 1.165) is 11.0 Å². The second kappa shape index (κ2) is 4.61. The lowest BCUT2D eigenvalue weighted by molar-refractivity contribution is -0.137. The third-order valence-corrected chi connectivity index (χ3v) is 1.97. The SMILES string of the molecule is CN(CC(=O)O)C(=O)c1ccc(N)c(F)c1. The number of carboxylic acids is 1. The summed E-state index contributed by atoms with van der Waals surface area (Å²) < 4.78 is 13.1. The van der Waals surface area contributed by atoms with Crippen molar-refractivity contribution in [3.05, 3.63) is 29.6 Å². The number of rotatable bonds is 3. The zero-order valence-electron chi connectivity index (χ0n) is 8.61. The van der Waals surface area contributed by atoms with Crippen LogP contribution in [0.2, 0.25) is 0 Å². The average Bonchev–Trinajstić information content (AvgIpc) is 2.20. The van der Waals surface area contributed by atoms with Crippen molar-refractivity contribution < 1.29 is 19.1 Å². The number of nitrogens with two attached hydrogens (primary N) is 1. The monoisotopic (exact) mass is 226 g/mol. The van der Waals surface area contributed by atoms with Crippen LogP contribution in [0.15, 0.2) is 18.2 Å². The number of amides is 1. The van der Waals surface area contributed by atoms with E-state index in [1.54, 1.807) is 0 Å². The van der Waals surface area contributed by atoms with Gasteiger partial charge in [-0.3, -0.25) is 9.59 Å². The van der Waals surface area contributed by atoms with Gasteiger partial charge in [-0.25, -0.2) is 4.39 Å². The first-order valence-electron chi connectivity index (χ1n) is 4.44. The van der Waals surface area contributed by atoms with Gasteiger partial charge >= 0.3 is 5.97 Å². The number of benzene rings is 1. The Morgan fingerprint density at radius 1 is 1.50 bits per heavy atom. The summed E-state index contributed by atoms with van der Waals surface area (Å²) in [5.74, 6) is -2.40. The molecule has 6 heteroatoms. The summed E-state index contributed by atoms with van der Waals surface area (Å²) in [4.78, 5) is 23.0. The molecule has 0 aromatic heterocycles. The van der Waals surface area contributed by atoms with E-state index in [-0.39, 0.29) is 11.3 Å². The Labute approximate surface area is 91.3 Å². The predicted molar refractivity (Wildman–Crippen MR) is 55.4 cm³/mol. The van der Waals surface area contributed by atoms with Crippen LogP contribution in [0.25, 0.3) is 0 Å². The largest absolute Gasteiger partial charge is 0.480 e. The van der Waals surface area contributed by atoms with E-state index in [0.29, 0.717) is 0 Å². The first-order valence-corrected chi connectivity index (χ1v) is 4.44. The molecule has 1 amide bonds. The van der Waals surface area contributed by atoms with Gasteiger partial charge in [0, 0.05) is 12.6 Å². The molecule has 0 unspecified atom stereocenters. The van der Waals surface area contributed by atoms with Crippen LogP contribution >= 0.6 is 0 Å². The van der Waals surface area contributed by atoms with Crippen LogP contribution in [-0.2, 0) is 4.79 Å². The third-order valence-electron chi connectivity index (χ3n) is 1.97. The fourth-order valence-corrected chi connectivity index (χ4v) is 1.16. The van der Waals surface area contributed by atoms with Crippen LogP contribution in [0.1, 0.15) is 10.4 Å². The molecule has 0 bridgehead atoms. The topological polar surface area (TPSA) is 83.6 Å². The number of carbonyl (C=O) groups excluding carboxylic acids is 1. The average molecular weight is 226 g/mol. The molecular formula is C10H11FN2O3. The number of likely N-dealkylation sites (N-methyl/N-ethyl adjacent to an activating group) is 1. The molecule has 0 aliphatic rings. The van der Waals surface area contributed by atoms with Crippen molar-refractivity contribution in [1.29, 1.82) is 0 Å². The number of hydrogen-bond donors (Lipinski definition) is 2. The van der Waals surface area contributed by atoms with Crippen molar-refractivity contribution in [2.45, 2.75) is 0 Å². The van der Waals surface area contributed by atoms with E-state index in [1.807, 2.05) is 0 Å². The lowest BCUT2D eigenvalue weighted by atomic mass is 10.2. The van der Waals surface area contributed by atoms with E-state index >= 15 is 0 Å². The molecule has 0 atom stereocenters. The van der Waals surface area contributed by atoms with Crippen LogP contribution in [0.3, 0.4) is 0 Å². The first kappa shape index (κ1) is 12.0. The smallest absolute Gasteiger partial charge is 0.323 e. The normalized spacial score (nSPS) is 9.88. The Bertz CT molecular complexity index is 434. The quantitative estimate of drug-likeness (QED) is 0.738. The van der Waals surface area contributed by atoms with Gasteiger partial charge in [-0.1, -0.05) is 0 Å². The van der Waals surface area contributed by atoms with Crippen LogP contribution in [0, 0.1) is 5.82 Å². The van der Waals surface area contributed by atoms with E-state index in [4.69, 9.17) is 10.8 Å². The van der Waals surface area contributed by atoms with Gasteiger partial charge in [-0.05, 0) is 18.2 Å². The zero-order chi connectivity index (χ0) is 12.3. The van der Waals surface area contributed by atoms with Crippen LogP contribution in [0.5, 0.6) is 0 Å². The van der Waals surface area contributed by atoms with E-state index < -0.39 is 24.2 Å². The lowest BCUT2D eigenvalue weighted by Gasteiger charge is -2.14. The van der Waals surface area contributed by atoms with Crippen LogP contribution < -0.4 is 5.73 Å². The number of anilines is 1. The number of nitrogens with zero attached hydrogens (tertiary/aromatic N) is 1. The van der Waals surface area contributed by atoms with Crippen LogP contribution in [-0.4, -0.2) is 35.5 Å². The highest BCUT2D eigenvalue weighted by Gasteiger charge is 2.15. The summed E-state index contributed by atoms with van der Waals surface area (Å²) in [5, 5.41) is 8.49. The highest BCUT2D eigenvalue weighted by molar-refractivity contribution is 5.95. The molecule has 3 N–H and O–H groups in total. The highest BCUT2D eigenvalue weighted by atomic mass is 19.1. The fourth-order valence-electron chi connectivity index (χ4n) is 1.16. The maximum atomic E-state index is 13.1. The summed E-state index contributed by atoms with van der Waals surface area (Å²) in [5.41, 5.74) is 5.26. The van der Waals surface area contributed by atoms with Gasteiger partial charge < -0.3 is 15.7 Å². The van der Waals surface area contributed by atoms with Crippen molar-refractivity contribution in [1.82, 2.24) is 4.90 Å². The van der Waals surface area contributed by atoms with Gasteiger partial charge in [-0.15, -0.1) is 0 Å². The summed E-state index contributed by atoms with van der Waals surface area (Å²) in [7, 11) is 1.32. The molecule has 5 nitrogen and oxygen atoms in total. The Morgan fingerprint density at radius 3 is 2.62 bits per heavy atom. The molecule has 1 rings (SSSR count). The molecule has 0 aliphatic carbocycles. The van der Waals surface area contributed by atoms with Gasteiger partial charge in [0.25, 0.3) is 5.91 Å². The standard InChI is InChI=1S/C10H11FN2O3/c1-13(5-9(14)15)10(16)6-2-3-8(12)7(11)4-6/h2-4H,5,12H2,1H3,(H,14,15). The highest BCUT2D eigenvalue weighted by Crippen LogP contribution is 2.13. The van der Waals surface area contributed by atoms with E-state index in [9.17, 15) is 14.0 Å². The number of halogens is 1. The van der Waals surface area contributed by atoms with Crippen molar-refractivity contribution in [3.63, 3.8) is 0 Å². The van der Waals surface area contributed by atoms with Gasteiger partial charge in [0.1, 0.15) is 12.4 Å². The minimum atomic E-state index is -1.13. The molecule has 1 aromatic rings. The molecule has 0 fully saturated rings. The second-order valence-corrected chi connectivity index (χ2v) is 3.29. The van der Waals surface area contributed by atoms with Crippen molar-refractivity contribution in [3.8, 4) is 0 Å². The van der Waals surface area contributed by atoms with Crippen LogP contribution in [0.4, 0.5) is 10.1 Å². The van der Waals surface area contributed by atoms with Gasteiger partial charge in [0.2, 0.25) is 0 Å². The first-order chi connectivity index (χ1) is 7.41. The Morgan fingerprint density at radius 2 is 2.12 bits per heavy atom. The Balaban J connectivity index is 2.88. The molecule has 0 heterocycles. The number of carboxylic acid groups (broad SMARTS) is 1. The van der Waals surface area contributed by atoms with E-state index in [1.165, 1.54) is 19.2 Å². The molecule has 0 aliphatic heterocycles. The van der Waals surface area contributed by atoms with Crippen molar-refractivity contribution in [2.24, 2.45) is 0 Å². The summed E-state index contributed by atoms with van der Waals surface area (Å²) in [6.07, 6.45) is 0. The minimum Gasteiger partial charge on any atom is -0.480 e. The lowest BCUT2D eigenvalue weighted by Crippen LogP contribution is -2.31. The van der Waals surface area contributed by atoms with Crippen molar-refractivity contribution >= 4 is 17.6 Å². The molecule has 1 aromatic carbocycles. The second-order valence-electron chi connectivity index (χ2n) is 3.29. The fraction of sp³-hybridized carbons (Fsp3) is 0.200. The van der Waals surface area contributed by atoms with Crippen molar-refractivity contribution in [2.75, 3.05) is 19.3 Å². The molecule has 0 spiro atoms. The maximum absolute atomic E-state index is 13.1. The number of hydrogen-bond acceptors (Lipinski definition) is 3. The molecular weight excluding hydrogens is 215 g/mol. The van der Waals surface area contributed by atoms with Gasteiger partial charge in [0.05, 0.1) is 5.69 Å². The van der Waals surface area contributed by atoms with Gasteiger partial charge in [-0.2, -0.15) is 0 Å². The minimum absolute atomic E-state index is 0.0579. The molecule has 0 saturated heterocycles. The van der Waals surface area contributed by atoms with E-state index in [2.05, 4.69) is 0 Å². The molecule has 0 radical (unpaired) electrons. The number of aliphatic carboxylic acids is 1. The maximum Gasteiger partial charge on any atom is 0.323 e. The summed E-state index contributed by atoms with van der Waals surface area (Å²) in [6, 6.07) is 3.59. The number of nitrogen functional groups attached to an aromatic ring is 1. The molecule has 16 heavy (non-hydrogen) atoms. The summed E-state index contributed by atoms with van der Waals surface area (Å²) in [6.45, 7) is -0.440. The number of carbonyl (C=O) groups is 2. The Kier molecular flexibility index (Phi) is 3.44. The predicted octanol–water partition coefficient (Wildman–Crippen LogP) is 0.565. The molecule has 0 saturated carbocycles. The molecule has 86 valence electrons.